The molecule has 0 saturated carbocycles. The molecule has 1 atom stereocenters. The molecule has 0 spiro atoms. The van der Waals surface area contributed by atoms with E-state index in [1.165, 1.54) is 0 Å². The van der Waals surface area contributed by atoms with E-state index in [0.29, 0.717) is 43.5 Å². The maximum atomic E-state index is 12.9. The number of aliphatic imine (C=N–C) groups is 1. The molecule has 2 aliphatic rings. The van der Waals surface area contributed by atoms with Gasteiger partial charge in [0.1, 0.15) is 10.3 Å². The van der Waals surface area contributed by atoms with E-state index >= 15 is 0 Å². The van der Waals surface area contributed by atoms with Gasteiger partial charge in [-0.15, -0.1) is 0 Å². The van der Waals surface area contributed by atoms with E-state index in [2.05, 4.69) is 33.0 Å². The lowest BCUT2D eigenvalue weighted by Gasteiger charge is -2.40. The number of hydrogen-bond acceptors (Lipinski definition) is 7. The van der Waals surface area contributed by atoms with Gasteiger partial charge >= 0.3 is 6.03 Å². The normalized spacial score (nSPS) is 19.2. The third-order valence-corrected chi connectivity index (χ3v) is 8.29. The number of rotatable bonds is 12. The van der Waals surface area contributed by atoms with Gasteiger partial charge in [0.05, 0.1) is 18.8 Å². The molecule has 3 amide bonds. The van der Waals surface area contributed by atoms with Gasteiger partial charge < -0.3 is 19.9 Å². The zero-order chi connectivity index (χ0) is 27.7. The van der Waals surface area contributed by atoms with Crippen LogP contribution < -0.4 is 10.8 Å². The maximum absolute atomic E-state index is 12.9. The van der Waals surface area contributed by atoms with Crippen LogP contribution >= 0.6 is 34.5 Å². The predicted octanol–water partition coefficient (Wildman–Crippen LogP) is 4.71. The number of halogens is 2. The minimum atomic E-state index is -0.469. The summed E-state index contributed by atoms with van der Waals surface area (Å²) in [7, 11) is 1.59. The average Bonchev–Trinajstić information content (AvgIpc) is 3.37. The second kappa shape index (κ2) is 14.6. The molecule has 9 nitrogen and oxygen atoms in total. The summed E-state index contributed by atoms with van der Waals surface area (Å²) in [6, 6.07) is 2.20. The number of carbonyl (C=O) groups excluding carboxylic acids is 2. The molecule has 0 aliphatic carbocycles. The summed E-state index contributed by atoms with van der Waals surface area (Å²) in [5.74, 6) is -0.193. The SMILES string of the molecule is COCCONC(=O)N(Cc1ccsc1)C1CCN([C@H](C)CCNC(=O)C2=C(Cl)N=C(Cl)CC2(C)C)CC1. The standard InChI is InChI=1S/C26H39Cl2N5O4S/c1-18(5-9-29-24(34)22-23(28)30-21(27)15-26(22,2)3)32-10-6-20(7-11-32)33(16-19-8-14-38-17-19)25(35)31-37-13-12-36-4/h8,14,17-18,20H,5-7,9-13,15-16H2,1-4H3,(H,29,34)(H,31,35)/t18-/m1/s1. The number of amides is 3. The van der Waals surface area contributed by atoms with Crippen molar-refractivity contribution in [2.24, 2.45) is 10.4 Å². The quantitative estimate of drug-likeness (QED) is 0.210. The summed E-state index contributed by atoms with van der Waals surface area (Å²) < 4.78 is 4.97. The van der Waals surface area contributed by atoms with Crippen LogP contribution in [0.2, 0.25) is 0 Å². The molecule has 3 heterocycles. The van der Waals surface area contributed by atoms with Crippen LogP contribution in [0.4, 0.5) is 4.79 Å². The van der Waals surface area contributed by atoms with E-state index in [4.69, 9.17) is 32.8 Å². The van der Waals surface area contributed by atoms with Crippen molar-refractivity contribution in [2.75, 3.05) is 40.0 Å². The van der Waals surface area contributed by atoms with Crippen LogP contribution in [0.25, 0.3) is 0 Å². The number of likely N-dealkylation sites (tertiary alicyclic amines) is 1. The molecule has 1 aromatic rings. The largest absolute Gasteiger partial charge is 0.382 e. The molecule has 2 aliphatic heterocycles. The van der Waals surface area contributed by atoms with Crippen molar-refractivity contribution in [1.82, 2.24) is 20.6 Å². The fraction of sp³-hybridized carbons (Fsp3) is 0.654. The van der Waals surface area contributed by atoms with Crippen LogP contribution in [0, 0.1) is 5.41 Å². The average molecular weight is 589 g/mol. The lowest BCUT2D eigenvalue weighted by molar-refractivity contribution is -0.118. The molecule has 0 radical (unpaired) electrons. The zero-order valence-electron chi connectivity index (χ0n) is 22.6. The molecule has 38 heavy (non-hydrogen) atoms. The Morgan fingerprint density at radius 3 is 2.66 bits per heavy atom. The first-order valence-electron chi connectivity index (χ1n) is 13.0. The van der Waals surface area contributed by atoms with Crippen molar-refractivity contribution >= 4 is 51.6 Å². The summed E-state index contributed by atoms with van der Waals surface area (Å²) in [6.45, 7) is 9.58. The summed E-state index contributed by atoms with van der Waals surface area (Å²) in [4.78, 5) is 39.5. The van der Waals surface area contributed by atoms with Gasteiger partial charge in [-0.1, -0.05) is 37.0 Å². The molecule has 2 N–H and O–H groups in total. The molecule has 12 heteroatoms. The van der Waals surface area contributed by atoms with Gasteiger partial charge in [-0.3, -0.25) is 9.63 Å². The van der Waals surface area contributed by atoms with E-state index in [0.717, 1.165) is 37.9 Å². The smallest absolute Gasteiger partial charge is 0.341 e. The molecule has 0 bridgehead atoms. The van der Waals surface area contributed by atoms with Crippen LogP contribution in [0.15, 0.2) is 32.5 Å². The number of hydroxylamine groups is 1. The highest BCUT2D eigenvalue weighted by molar-refractivity contribution is 7.07. The third-order valence-electron chi connectivity index (χ3n) is 7.07. The maximum Gasteiger partial charge on any atom is 0.341 e. The predicted molar refractivity (Wildman–Crippen MR) is 152 cm³/mol. The third kappa shape index (κ3) is 8.66. The van der Waals surface area contributed by atoms with Gasteiger partial charge in [0, 0.05) is 57.2 Å². The first-order chi connectivity index (χ1) is 18.1. The Kier molecular flexibility index (Phi) is 11.9. The van der Waals surface area contributed by atoms with Gasteiger partial charge in [-0.25, -0.2) is 15.3 Å². The molecular formula is C26H39Cl2N5O4S. The topological polar surface area (TPSA) is 95.5 Å². The second-order valence-electron chi connectivity index (χ2n) is 10.4. The number of nitrogens with zero attached hydrogens (tertiary/aromatic N) is 3. The Hall–Kier alpha value is -1.69. The van der Waals surface area contributed by atoms with Crippen LogP contribution in [-0.4, -0.2) is 79.0 Å². The molecule has 212 valence electrons. The van der Waals surface area contributed by atoms with Gasteiger partial charge in [0.2, 0.25) is 0 Å². The highest BCUT2D eigenvalue weighted by Gasteiger charge is 2.36. The van der Waals surface area contributed by atoms with Crippen molar-refractivity contribution in [3.05, 3.63) is 33.1 Å². The van der Waals surface area contributed by atoms with Crippen molar-refractivity contribution < 1.29 is 19.2 Å². The van der Waals surface area contributed by atoms with Gasteiger partial charge in [-0.05, 0) is 48.6 Å². The number of carbonyl (C=O) groups is 2. The highest BCUT2D eigenvalue weighted by Crippen LogP contribution is 2.39. The number of nitrogens with one attached hydrogen (secondary N) is 2. The van der Waals surface area contributed by atoms with E-state index in [-0.39, 0.29) is 29.2 Å². The van der Waals surface area contributed by atoms with Gasteiger partial charge in [-0.2, -0.15) is 11.3 Å². The molecule has 1 aromatic heterocycles. The number of piperidine rings is 1. The number of urea groups is 1. The molecular weight excluding hydrogens is 549 g/mol. The Labute approximate surface area is 239 Å². The highest BCUT2D eigenvalue weighted by atomic mass is 35.5. The Morgan fingerprint density at radius 1 is 1.29 bits per heavy atom. The number of hydrogen-bond donors (Lipinski definition) is 2. The fourth-order valence-electron chi connectivity index (χ4n) is 4.88. The van der Waals surface area contributed by atoms with E-state index in [1.54, 1.807) is 18.4 Å². The summed E-state index contributed by atoms with van der Waals surface area (Å²) in [6.07, 6.45) is 3.02. The van der Waals surface area contributed by atoms with E-state index in [1.807, 2.05) is 30.2 Å². The first kappa shape index (κ1) is 30.8. The lowest BCUT2D eigenvalue weighted by Crippen LogP contribution is -2.52. The van der Waals surface area contributed by atoms with Crippen molar-refractivity contribution in [3.63, 3.8) is 0 Å². The monoisotopic (exact) mass is 587 g/mol. The fourth-order valence-corrected chi connectivity index (χ4v) is 6.45. The second-order valence-corrected chi connectivity index (χ2v) is 12.0. The van der Waals surface area contributed by atoms with Crippen LogP contribution in [-0.2, 0) is 20.9 Å². The van der Waals surface area contributed by atoms with E-state index in [9.17, 15) is 9.59 Å². The molecule has 1 fully saturated rings. The van der Waals surface area contributed by atoms with E-state index < -0.39 is 5.41 Å². The Balaban J connectivity index is 1.49. The Morgan fingerprint density at radius 2 is 2.03 bits per heavy atom. The van der Waals surface area contributed by atoms with Crippen LogP contribution in [0.1, 0.15) is 52.0 Å². The number of ether oxygens (including phenoxy) is 1. The summed E-state index contributed by atoms with van der Waals surface area (Å²) in [5.41, 5.74) is 3.69. The first-order valence-corrected chi connectivity index (χ1v) is 14.7. The number of thiophene rings is 1. The Bertz CT molecular complexity index is 994. The minimum absolute atomic E-state index is 0.110. The van der Waals surface area contributed by atoms with Gasteiger partial charge in [0.25, 0.3) is 5.91 Å². The van der Waals surface area contributed by atoms with Crippen molar-refractivity contribution in [2.45, 2.75) is 65.1 Å². The summed E-state index contributed by atoms with van der Waals surface area (Å²) in [5, 5.41) is 7.68. The summed E-state index contributed by atoms with van der Waals surface area (Å²) >= 11 is 14.0. The van der Waals surface area contributed by atoms with Crippen molar-refractivity contribution in [1.29, 1.82) is 0 Å². The molecule has 0 unspecified atom stereocenters. The number of methoxy groups -OCH3 is 1. The van der Waals surface area contributed by atoms with Gasteiger partial charge in [0.15, 0.2) is 0 Å². The lowest BCUT2D eigenvalue weighted by atomic mass is 9.80. The zero-order valence-corrected chi connectivity index (χ0v) is 24.9. The van der Waals surface area contributed by atoms with Crippen molar-refractivity contribution in [3.8, 4) is 0 Å². The van der Waals surface area contributed by atoms with Crippen LogP contribution in [0.5, 0.6) is 0 Å². The molecule has 1 saturated heterocycles. The van der Waals surface area contributed by atoms with Crippen LogP contribution in [0.3, 0.4) is 0 Å². The molecule has 3 rings (SSSR count). The molecule has 0 aromatic carbocycles. The minimum Gasteiger partial charge on any atom is -0.382 e.